The van der Waals surface area contributed by atoms with E-state index in [4.69, 9.17) is 0 Å². The molecule has 138 valence electrons. The minimum atomic E-state index is -0.0991. The molecule has 1 atom stereocenters. The van der Waals surface area contributed by atoms with Crippen molar-refractivity contribution in [3.8, 4) is 0 Å². The highest BCUT2D eigenvalue weighted by atomic mass is 16.2. The van der Waals surface area contributed by atoms with Gasteiger partial charge in [-0.05, 0) is 45.4 Å². The van der Waals surface area contributed by atoms with Crippen molar-refractivity contribution in [3.63, 3.8) is 0 Å². The van der Waals surface area contributed by atoms with Crippen LogP contribution in [0.5, 0.6) is 0 Å². The molecule has 1 aliphatic heterocycles. The Labute approximate surface area is 150 Å². The number of likely N-dealkylation sites (tertiary alicyclic amines) is 1. The molecule has 2 heterocycles. The fourth-order valence-electron chi connectivity index (χ4n) is 4.64. The van der Waals surface area contributed by atoms with Crippen molar-refractivity contribution >= 4 is 5.91 Å². The summed E-state index contributed by atoms with van der Waals surface area (Å²) in [7, 11) is 0. The normalized spacial score (nSPS) is 21.7. The largest absolute Gasteiger partial charge is 0.340 e. The number of H-pyrrole nitrogens is 1. The highest BCUT2D eigenvalue weighted by Gasteiger charge is 2.30. The standard InChI is InChI=1S/C20H31N3O2/c1-14-18(20(25)22-15(2)21-14)10-11-19(24)23-12-6-9-17(23)13-16-7-4-3-5-8-16/h16-17H,3-13H2,1-2H3,(H,21,22,25). The van der Waals surface area contributed by atoms with Crippen LogP contribution in [0.4, 0.5) is 0 Å². The number of nitrogens with zero attached hydrogens (tertiary/aromatic N) is 2. The topological polar surface area (TPSA) is 66.1 Å². The number of carbonyl (C=O) groups is 1. The van der Waals surface area contributed by atoms with Gasteiger partial charge in [0.15, 0.2) is 0 Å². The van der Waals surface area contributed by atoms with E-state index in [1.807, 2.05) is 6.92 Å². The number of rotatable bonds is 5. The van der Waals surface area contributed by atoms with Crippen LogP contribution in [0.15, 0.2) is 4.79 Å². The SMILES string of the molecule is Cc1nc(C)c(CCC(=O)N2CCCC2CC2CCCCC2)c(=O)[nH]1. The quantitative estimate of drug-likeness (QED) is 0.890. The van der Waals surface area contributed by atoms with Crippen LogP contribution in [0.2, 0.25) is 0 Å². The molecule has 1 aromatic heterocycles. The Balaban J connectivity index is 1.57. The smallest absolute Gasteiger partial charge is 0.254 e. The van der Waals surface area contributed by atoms with Gasteiger partial charge in [0.25, 0.3) is 5.56 Å². The molecule has 0 aromatic carbocycles. The summed E-state index contributed by atoms with van der Waals surface area (Å²) in [5.41, 5.74) is 1.30. The van der Waals surface area contributed by atoms with E-state index in [-0.39, 0.29) is 11.5 Å². The van der Waals surface area contributed by atoms with Crippen LogP contribution < -0.4 is 5.56 Å². The molecule has 1 aliphatic carbocycles. The second-order valence-electron chi connectivity index (χ2n) is 7.84. The third-order valence-corrected chi connectivity index (χ3v) is 5.96. The maximum Gasteiger partial charge on any atom is 0.254 e. The fourth-order valence-corrected chi connectivity index (χ4v) is 4.64. The van der Waals surface area contributed by atoms with E-state index in [2.05, 4.69) is 14.9 Å². The number of nitrogens with one attached hydrogen (secondary N) is 1. The Morgan fingerprint density at radius 2 is 1.92 bits per heavy atom. The lowest BCUT2D eigenvalue weighted by molar-refractivity contribution is -0.132. The lowest BCUT2D eigenvalue weighted by atomic mass is 9.84. The third kappa shape index (κ3) is 4.50. The molecule has 1 N–H and O–H groups in total. The van der Waals surface area contributed by atoms with Crippen LogP contribution >= 0.6 is 0 Å². The summed E-state index contributed by atoms with van der Waals surface area (Å²) in [6.45, 7) is 4.52. The van der Waals surface area contributed by atoms with Crippen LogP contribution in [0.1, 0.15) is 74.9 Å². The molecule has 0 radical (unpaired) electrons. The molecule has 0 bridgehead atoms. The first-order chi connectivity index (χ1) is 12.0. The zero-order valence-corrected chi connectivity index (χ0v) is 15.6. The van der Waals surface area contributed by atoms with Crippen LogP contribution in [-0.4, -0.2) is 33.4 Å². The summed E-state index contributed by atoms with van der Waals surface area (Å²) in [5, 5.41) is 0. The predicted molar refractivity (Wildman–Crippen MR) is 98.6 cm³/mol. The van der Waals surface area contributed by atoms with Crippen LogP contribution in [-0.2, 0) is 11.2 Å². The van der Waals surface area contributed by atoms with Crippen molar-refractivity contribution in [1.29, 1.82) is 0 Å². The molecule has 1 amide bonds. The Kier molecular flexibility index (Phi) is 5.92. The molecule has 25 heavy (non-hydrogen) atoms. The molecule has 3 rings (SSSR count). The number of aromatic nitrogens is 2. The van der Waals surface area contributed by atoms with E-state index in [0.29, 0.717) is 30.3 Å². The van der Waals surface area contributed by atoms with E-state index in [1.54, 1.807) is 6.92 Å². The van der Waals surface area contributed by atoms with Crippen LogP contribution in [0, 0.1) is 19.8 Å². The van der Waals surface area contributed by atoms with Crippen LogP contribution in [0.25, 0.3) is 0 Å². The Bertz CT molecular complexity index is 661. The van der Waals surface area contributed by atoms with E-state index >= 15 is 0 Å². The average molecular weight is 345 g/mol. The number of carbonyl (C=O) groups excluding carboxylic acids is 1. The molecule has 0 spiro atoms. The molecular formula is C20H31N3O2. The average Bonchev–Trinajstić information content (AvgIpc) is 3.03. The van der Waals surface area contributed by atoms with Gasteiger partial charge in [-0.2, -0.15) is 0 Å². The maximum atomic E-state index is 12.8. The third-order valence-electron chi connectivity index (χ3n) is 5.96. The highest BCUT2D eigenvalue weighted by molar-refractivity contribution is 5.77. The van der Waals surface area contributed by atoms with Gasteiger partial charge >= 0.3 is 0 Å². The van der Waals surface area contributed by atoms with Gasteiger partial charge in [-0.3, -0.25) is 9.59 Å². The van der Waals surface area contributed by atoms with Gasteiger partial charge in [0, 0.05) is 30.3 Å². The van der Waals surface area contributed by atoms with Gasteiger partial charge in [0.2, 0.25) is 5.91 Å². The predicted octanol–water partition coefficient (Wildman–Crippen LogP) is 3.28. The van der Waals surface area contributed by atoms with Gasteiger partial charge in [-0.25, -0.2) is 4.98 Å². The van der Waals surface area contributed by atoms with Crippen molar-refractivity contribution in [2.24, 2.45) is 5.92 Å². The highest BCUT2D eigenvalue weighted by Crippen LogP contribution is 2.32. The van der Waals surface area contributed by atoms with E-state index < -0.39 is 0 Å². The summed E-state index contributed by atoms with van der Waals surface area (Å²) >= 11 is 0. The Hall–Kier alpha value is -1.65. The van der Waals surface area contributed by atoms with Gasteiger partial charge in [0.05, 0.1) is 0 Å². The summed E-state index contributed by atoms with van der Waals surface area (Å²) in [6, 6.07) is 0.422. The summed E-state index contributed by atoms with van der Waals surface area (Å²) in [6.07, 6.45) is 11.1. The first-order valence-corrected chi connectivity index (χ1v) is 9.90. The number of amides is 1. The number of hydrogen-bond donors (Lipinski definition) is 1. The second-order valence-corrected chi connectivity index (χ2v) is 7.84. The van der Waals surface area contributed by atoms with E-state index in [1.165, 1.54) is 38.5 Å². The van der Waals surface area contributed by atoms with Gasteiger partial charge in [-0.1, -0.05) is 32.1 Å². The number of aromatic amines is 1. The Morgan fingerprint density at radius 3 is 2.64 bits per heavy atom. The number of aryl methyl sites for hydroxylation is 2. The zero-order valence-electron chi connectivity index (χ0n) is 15.6. The van der Waals surface area contributed by atoms with Crippen LogP contribution in [0.3, 0.4) is 0 Å². The van der Waals surface area contributed by atoms with Crippen molar-refractivity contribution in [3.05, 3.63) is 27.4 Å². The van der Waals surface area contributed by atoms with Crippen molar-refractivity contribution < 1.29 is 4.79 Å². The molecule has 1 saturated heterocycles. The Morgan fingerprint density at radius 1 is 1.16 bits per heavy atom. The van der Waals surface area contributed by atoms with Crippen molar-refractivity contribution in [1.82, 2.24) is 14.9 Å². The van der Waals surface area contributed by atoms with Gasteiger partial charge in [0.1, 0.15) is 5.82 Å². The van der Waals surface area contributed by atoms with Crippen molar-refractivity contribution in [2.45, 2.75) is 84.1 Å². The molecule has 1 aromatic rings. The maximum absolute atomic E-state index is 12.8. The zero-order chi connectivity index (χ0) is 17.8. The molecule has 5 nitrogen and oxygen atoms in total. The monoisotopic (exact) mass is 345 g/mol. The lowest BCUT2D eigenvalue weighted by Gasteiger charge is -2.30. The molecule has 2 fully saturated rings. The van der Waals surface area contributed by atoms with Gasteiger partial charge in [-0.15, -0.1) is 0 Å². The van der Waals surface area contributed by atoms with E-state index in [9.17, 15) is 9.59 Å². The van der Waals surface area contributed by atoms with Crippen molar-refractivity contribution in [2.75, 3.05) is 6.54 Å². The van der Waals surface area contributed by atoms with E-state index in [0.717, 1.165) is 31.0 Å². The molecule has 1 saturated carbocycles. The molecular weight excluding hydrogens is 314 g/mol. The first kappa shape index (κ1) is 18.2. The summed E-state index contributed by atoms with van der Waals surface area (Å²) < 4.78 is 0. The summed E-state index contributed by atoms with van der Waals surface area (Å²) in [5.74, 6) is 1.64. The minimum absolute atomic E-state index is 0.0991. The fraction of sp³-hybridized carbons (Fsp3) is 0.750. The number of hydrogen-bond acceptors (Lipinski definition) is 3. The lowest BCUT2D eigenvalue weighted by Crippen LogP contribution is -2.37. The minimum Gasteiger partial charge on any atom is -0.340 e. The molecule has 5 heteroatoms. The molecule has 2 aliphatic rings. The summed E-state index contributed by atoms with van der Waals surface area (Å²) in [4.78, 5) is 34.0. The first-order valence-electron chi connectivity index (χ1n) is 9.90. The second kappa shape index (κ2) is 8.15. The molecule has 1 unspecified atom stereocenters. The van der Waals surface area contributed by atoms with Gasteiger partial charge < -0.3 is 9.88 Å².